The molecule has 0 amide bonds. The minimum atomic E-state index is -3.46. The first-order valence-electron chi connectivity index (χ1n) is 11.6. The van der Waals surface area contributed by atoms with Gasteiger partial charge >= 0.3 is 0 Å². The third-order valence-electron chi connectivity index (χ3n) is 6.57. The standard InChI is InChI=1S/C26H25F2N3O4S/c1-31-15-21(19-10-11-29-26(32)25(19)31)20-12-16(14-30-36(33,34)18-4-2-3-5-18)6-8-23(20)35-24-9-7-17(27)13-22(24)28/h6-13,15,18,30H,2-5,14H2,1H3,(H,29,32). The number of sulfonamides is 1. The van der Waals surface area contributed by atoms with Crippen LogP contribution < -0.4 is 15.0 Å². The maximum atomic E-state index is 14.4. The molecule has 1 aliphatic carbocycles. The Labute approximate surface area is 206 Å². The highest BCUT2D eigenvalue weighted by molar-refractivity contribution is 7.90. The average molecular weight is 514 g/mol. The fraction of sp³-hybridized carbons (Fsp3) is 0.269. The van der Waals surface area contributed by atoms with Crippen LogP contribution in [0.25, 0.3) is 22.0 Å². The first-order chi connectivity index (χ1) is 17.2. The van der Waals surface area contributed by atoms with E-state index >= 15 is 0 Å². The smallest absolute Gasteiger partial charge is 0.272 e. The Bertz CT molecular complexity index is 1610. The molecule has 2 N–H and O–H groups in total. The Morgan fingerprint density at radius 2 is 1.81 bits per heavy atom. The molecule has 7 nitrogen and oxygen atoms in total. The highest BCUT2D eigenvalue weighted by Crippen LogP contribution is 2.39. The molecule has 5 rings (SSSR count). The predicted octanol–water partition coefficient (Wildman–Crippen LogP) is 4.97. The molecule has 1 fully saturated rings. The van der Waals surface area contributed by atoms with Crippen LogP contribution >= 0.6 is 0 Å². The Hall–Kier alpha value is -3.50. The zero-order valence-electron chi connectivity index (χ0n) is 19.6. The van der Waals surface area contributed by atoms with E-state index in [4.69, 9.17) is 4.74 Å². The number of benzene rings is 2. The van der Waals surface area contributed by atoms with Crippen LogP contribution in [0.15, 0.2) is 59.7 Å². The first kappa shape index (κ1) is 24.2. The fourth-order valence-electron chi connectivity index (χ4n) is 4.74. The largest absolute Gasteiger partial charge is 0.454 e. The van der Waals surface area contributed by atoms with Gasteiger partial charge in [-0.25, -0.2) is 21.9 Å². The van der Waals surface area contributed by atoms with Crippen LogP contribution in [0.2, 0.25) is 0 Å². The van der Waals surface area contributed by atoms with Gasteiger partial charge in [-0.2, -0.15) is 0 Å². The van der Waals surface area contributed by atoms with Gasteiger partial charge in [-0.3, -0.25) is 4.79 Å². The van der Waals surface area contributed by atoms with E-state index < -0.39 is 21.7 Å². The molecule has 0 aliphatic heterocycles. The molecular weight excluding hydrogens is 488 g/mol. The van der Waals surface area contributed by atoms with E-state index in [0.717, 1.165) is 25.0 Å². The minimum absolute atomic E-state index is 0.0718. The van der Waals surface area contributed by atoms with Gasteiger partial charge in [-0.05, 0) is 48.7 Å². The predicted molar refractivity (Wildman–Crippen MR) is 133 cm³/mol. The van der Waals surface area contributed by atoms with Crippen molar-refractivity contribution in [1.82, 2.24) is 14.3 Å². The van der Waals surface area contributed by atoms with Crippen molar-refractivity contribution in [2.75, 3.05) is 0 Å². The normalized spacial score (nSPS) is 14.5. The van der Waals surface area contributed by atoms with Gasteiger partial charge in [0.1, 0.15) is 17.1 Å². The van der Waals surface area contributed by atoms with Crippen molar-refractivity contribution >= 4 is 20.9 Å². The number of aryl methyl sites for hydroxylation is 1. The van der Waals surface area contributed by atoms with Crippen LogP contribution in [-0.2, 0) is 23.6 Å². The number of aromatic nitrogens is 2. The highest BCUT2D eigenvalue weighted by Gasteiger charge is 2.28. The summed E-state index contributed by atoms with van der Waals surface area (Å²) in [6, 6.07) is 9.85. The first-order valence-corrected chi connectivity index (χ1v) is 13.2. The molecule has 1 saturated carbocycles. The van der Waals surface area contributed by atoms with Gasteiger partial charge in [0.25, 0.3) is 5.56 Å². The zero-order chi connectivity index (χ0) is 25.4. The van der Waals surface area contributed by atoms with Crippen molar-refractivity contribution in [2.24, 2.45) is 7.05 Å². The number of nitrogens with one attached hydrogen (secondary N) is 2. The zero-order valence-corrected chi connectivity index (χ0v) is 20.4. The number of nitrogens with zero attached hydrogens (tertiary/aromatic N) is 1. The van der Waals surface area contributed by atoms with E-state index in [0.29, 0.717) is 40.4 Å². The monoisotopic (exact) mass is 513 g/mol. The van der Waals surface area contributed by atoms with Crippen molar-refractivity contribution in [3.05, 3.63) is 82.4 Å². The molecule has 4 aromatic rings. The number of hydrogen-bond acceptors (Lipinski definition) is 4. The van der Waals surface area contributed by atoms with E-state index in [1.165, 1.54) is 12.3 Å². The van der Waals surface area contributed by atoms with E-state index in [1.807, 2.05) is 0 Å². The lowest BCUT2D eigenvalue weighted by molar-refractivity contribution is 0.439. The molecular formula is C26H25F2N3O4S. The van der Waals surface area contributed by atoms with E-state index in [1.54, 1.807) is 42.1 Å². The van der Waals surface area contributed by atoms with Crippen LogP contribution in [0.4, 0.5) is 8.78 Å². The lowest BCUT2D eigenvalue weighted by Crippen LogP contribution is -2.32. The second-order valence-electron chi connectivity index (χ2n) is 9.00. The molecule has 2 aromatic heterocycles. The van der Waals surface area contributed by atoms with Crippen LogP contribution in [0.5, 0.6) is 11.5 Å². The molecule has 0 spiro atoms. The van der Waals surface area contributed by atoms with E-state index in [-0.39, 0.29) is 28.9 Å². The van der Waals surface area contributed by atoms with Gasteiger partial charge in [0.15, 0.2) is 11.6 Å². The summed E-state index contributed by atoms with van der Waals surface area (Å²) in [7, 11) is -1.72. The molecule has 188 valence electrons. The average Bonchev–Trinajstić information content (AvgIpc) is 3.50. The lowest BCUT2D eigenvalue weighted by atomic mass is 10.0. The summed E-state index contributed by atoms with van der Waals surface area (Å²) in [6.07, 6.45) is 6.41. The third-order valence-corrected chi connectivity index (χ3v) is 8.46. The summed E-state index contributed by atoms with van der Waals surface area (Å²) < 4.78 is 63.4. The van der Waals surface area contributed by atoms with Crippen LogP contribution in [0.1, 0.15) is 31.2 Å². The fourth-order valence-corrected chi connectivity index (χ4v) is 6.30. The van der Waals surface area contributed by atoms with Crippen molar-refractivity contribution in [3.63, 3.8) is 0 Å². The van der Waals surface area contributed by atoms with Crippen molar-refractivity contribution < 1.29 is 21.9 Å². The number of hydrogen-bond donors (Lipinski definition) is 2. The Morgan fingerprint density at radius 3 is 2.56 bits per heavy atom. The van der Waals surface area contributed by atoms with Crippen LogP contribution in [0, 0.1) is 11.6 Å². The van der Waals surface area contributed by atoms with Gasteiger partial charge in [0.05, 0.1) is 5.25 Å². The lowest BCUT2D eigenvalue weighted by Gasteiger charge is -2.15. The second kappa shape index (κ2) is 9.51. The number of aromatic amines is 1. The number of halogens is 2. The quantitative estimate of drug-likeness (QED) is 0.365. The van der Waals surface area contributed by atoms with E-state index in [9.17, 15) is 22.0 Å². The summed E-state index contributed by atoms with van der Waals surface area (Å²) in [6.45, 7) is 0.0718. The van der Waals surface area contributed by atoms with Gasteiger partial charge in [0, 0.05) is 48.6 Å². The number of pyridine rings is 1. The van der Waals surface area contributed by atoms with E-state index in [2.05, 4.69) is 9.71 Å². The molecule has 36 heavy (non-hydrogen) atoms. The summed E-state index contributed by atoms with van der Waals surface area (Å²) in [5.74, 6) is -1.47. The van der Waals surface area contributed by atoms with Crippen LogP contribution in [0.3, 0.4) is 0 Å². The summed E-state index contributed by atoms with van der Waals surface area (Å²) in [5, 5.41) is 0.264. The SMILES string of the molecule is Cn1cc(-c2cc(CNS(=O)(=O)C3CCCC3)ccc2Oc2ccc(F)cc2F)c2cc[nH]c(=O)c21. The van der Waals surface area contributed by atoms with Crippen molar-refractivity contribution in [2.45, 2.75) is 37.5 Å². The number of fused-ring (bicyclic) bond motifs is 1. The number of ether oxygens (including phenoxy) is 1. The summed E-state index contributed by atoms with van der Waals surface area (Å²) in [4.78, 5) is 15.1. The van der Waals surface area contributed by atoms with Gasteiger partial charge in [0.2, 0.25) is 10.0 Å². The molecule has 10 heteroatoms. The van der Waals surface area contributed by atoms with Crippen molar-refractivity contribution in [1.29, 1.82) is 0 Å². The third kappa shape index (κ3) is 4.66. The number of rotatable bonds is 7. The Kier molecular flexibility index (Phi) is 6.40. The summed E-state index contributed by atoms with van der Waals surface area (Å²) >= 11 is 0. The molecule has 2 heterocycles. The Morgan fingerprint density at radius 1 is 1.06 bits per heavy atom. The summed E-state index contributed by atoms with van der Waals surface area (Å²) in [5.41, 5.74) is 2.02. The molecule has 2 aromatic carbocycles. The topological polar surface area (TPSA) is 93.2 Å². The molecule has 0 atom stereocenters. The molecule has 0 unspecified atom stereocenters. The number of H-pyrrole nitrogens is 1. The minimum Gasteiger partial charge on any atom is -0.454 e. The highest BCUT2D eigenvalue weighted by atomic mass is 32.2. The van der Waals surface area contributed by atoms with Gasteiger partial charge in [-0.15, -0.1) is 0 Å². The van der Waals surface area contributed by atoms with Gasteiger partial charge < -0.3 is 14.3 Å². The van der Waals surface area contributed by atoms with Gasteiger partial charge in [-0.1, -0.05) is 18.9 Å². The molecule has 0 saturated heterocycles. The Balaban J connectivity index is 1.57. The van der Waals surface area contributed by atoms with Crippen LogP contribution in [-0.4, -0.2) is 23.2 Å². The second-order valence-corrected chi connectivity index (χ2v) is 11.0. The maximum Gasteiger partial charge on any atom is 0.272 e. The molecule has 0 bridgehead atoms. The maximum absolute atomic E-state index is 14.4. The molecule has 0 radical (unpaired) electrons. The van der Waals surface area contributed by atoms with Crippen molar-refractivity contribution in [3.8, 4) is 22.6 Å². The molecule has 1 aliphatic rings.